The first-order valence-electron chi connectivity index (χ1n) is 14.8. The number of nitrogens with zero attached hydrogens (tertiary/aromatic N) is 3. The molecule has 5 rings (SSSR count). The Balaban J connectivity index is 1.26. The molecule has 8 heteroatoms. The molecule has 0 saturated carbocycles. The van der Waals surface area contributed by atoms with Gasteiger partial charge in [-0.3, -0.25) is 19.2 Å². The number of halogens is 1. The van der Waals surface area contributed by atoms with Crippen molar-refractivity contribution in [1.29, 1.82) is 0 Å². The van der Waals surface area contributed by atoms with Gasteiger partial charge in [0.25, 0.3) is 5.91 Å². The molecular weight excluding hydrogens is 543 g/mol. The number of rotatable bonds is 8. The molecule has 43 heavy (non-hydrogen) atoms. The van der Waals surface area contributed by atoms with Gasteiger partial charge in [-0.25, -0.2) is 4.39 Å². The van der Waals surface area contributed by atoms with Gasteiger partial charge in [-0.05, 0) is 118 Å². The summed E-state index contributed by atoms with van der Waals surface area (Å²) in [5.41, 5.74) is 6.57. The number of amides is 1. The molecule has 1 saturated heterocycles. The Labute approximate surface area is 252 Å². The second-order valence-corrected chi connectivity index (χ2v) is 12.5. The molecule has 4 aromatic rings. The summed E-state index contributed by atoms with van der Waals surface area (Å²) >= 11 is 0. The van der Waals surface area contributed by atoms with E-state index in [4.69, 9.17) is 5.11 Å². The Morgan fingerprint density at radius 1 is 1.00 bits per heavy atom. The maximum absolute atomic E-state index is 13.7. The molecule has 1 amide bonds. The van der Waals surface area contributed by atoms with Crippen molar-refractivity contribution >= 4 is 17.6 Å². The van der Waals surface area contributed by atoms with Crippen LogP contribution >= 0.6 is 0 Å². The number of carbonyl (C=O) groups is 2. The number of nitrogens with one attached hydrogen (secondary N) is 1. The lowest BCUT2D eigenvalue weighted by Crippen LogP contribution is -2.32. The Kier molecular flexibility index (Phi) is 8.78. The average molecular weight is 583 g/mol. The van der Waals surface area contributed by atoms with E-state index in [1.165, 1.54) is 28.8 Å². The first-order valence-corrected chi connectivity index (χ1v) is 14.8. The monoisotopic (exact) mass is 582 g/mol. The number of piperidine rings is 1. The van der Waals surface area contributed by atoms with E-state index < -0.39 is 5.97 Å². The van der Waals surface area contributed by atoms with Crippen molar-refractivity contribution in [3.05, 3.63) is 107 Å². The molecule has 7 nitrogen and oxygen atoms in total. The SMILES string of the molecule is Cc1ccc(NC(=O)c2cnn(C(C)(C)C)c2-c2ccc(F)cc2)cc1CN1CCC(c2ccc(CC(=O)O)cc2)CC1. The molecular formula is C35H39FN4O3. The van der Waals surface area contributed by atoms with Gasteiger partial charge in [0.1, 0.15) is 5.82 Å². The predicted molar refractivity (Wildman–Crippen MR) is 167 cm³/mol. The highest BCUT2D eigenvalue weighted by molar-refractivity contribution is 6.08. The quantitative estimate of drug-likeness (QED) is 0.233. The molecule has 0 aliphatic carbocycles. The summed E-state index contributed by atoms with van der Waals surface area (Å²) in [6.07, 6.45) is 3.71. The second kappa shape index (κ2) is 12.5. The van der Waals surface area contributed by atoms with Crippen molar-refractivity contribution < 1.29 is 19.1 Å². The molecule has 0 radical (unpaired) electrons. The molecule has 0 bridgehead atoms. The van der Waals surface area contributed by atoms with E-state index in [1.807, 2.05) is 55.8 Å². The summed E-state index contributed by atoms with van der Waals surface area (Å²) in [5.74, 6) is -0.947. The third-order valence-electron chi connectivity index (χ3n) is 8.16. The van der Waals surface area contributed by atoms with Crippen LogP contribution in [0.3, 0.4) is 0 Å². The summed E-state index contributed by atoms with van der Waals surface area (Å²) in [7, 11) is 0. The van der Waals surface area contributed by atoms with Gasteiger partial charge in [0.05, 0.1) is 29.4 Å². The molecule has 2 N–H and O–H groups in total. The van der Waals surface area contributed by atoms with Crippen LogP contribution in [0.25, 0.3) is 11.3 Å². The molecule has 3 aromatic carbocycles. The van der Waals surface area contributed by atoms with Crippen molar-refractivity contribution in [3.63, 3.8) is 0 Å². The number of aliphatic carboxylic acids is 1. The van der Waals surface area contributed by atoms with Crippen LogP contribution in [0.4, 0.5) is 10.1 Å². The van der Waals surface area contributed by atoms with Crippen molar-refractivity contribution in [1.82, 2.24) is 14.7 Å². The van der Waals surface area contributed by atoms with Crippen LogP contribution in [0.2, 0.25) is 0 Å². The normalized spacial score (nSPS) is 14.5. The topological polar surface area (TPSA) is 87.5 Å². The van der Waals surface area contributed by atoms with E-state index >= 15 is 0 Å². The standard InChI is InChI=1S/C35H39FN4O3/c1-23-5-14-30(38-34(43)31-21-37-40(35(2,3)4)33(31)27-10-12-29(36)13-11-27)20-28(23)22-39-17-15-26(16-18-39)25-8-6-24(7-9-25)19-32(41)42/h5-14,20-21,26H,15-19,22H2,1-4H3,(H,38,43)(H,41,42). The molecule has 1 aromatic heterocycles. The highest BCUT2D eigenvalue weighted by atomic mass is 19.1. The highest BCUT2D eigenvalue weighted by Gasteiger charge is 2.26. The van der Waals surface area contributed by atoms with E-state index in [1.54, 1.807) is 18.3 Å². The zero-order chi connectivity index (χ0) is 30.7. The maximum atomic E-state index is 13.7. The molecule has 1 aliphatic rings. The molecule has 2 heterocycles. The van der Waals surface area contributed by atoms with Crippen LogP contribution in [0.1, 0.15) is 72.1 Å². The Hall–Kier alpha value is -4.30. The minimum absolute atomic E-state index is 0.0492. The Morgan fingerprint density at radius 3 is 2.30 bits per heavy atom. The van der Waals surface area contributed by atoms with Gasteiger partial charge in [-0.15, -0.1) is 0 Å². The van der Waals surface area contributed by atoms with Gasteiger partial charge < -0.3 is 10.4 Å². The summed E-state index contributed by atoms with van der Waals surface area (Å²) in [6, 6.07) is 20.1. The van der Waals surface area contributed by atoms with Crippen LogP contribution in [0, 0.1) is 12.7 Å². The number of carboxylic acids is 1. The predicted octanol–water partition coefficient (Wildman–Crippen LogP) is 7.01. The van der Waals surface area contributed by atoms with Crippen LogP contribution in [0.15, 0.2) is 72.9 Å². The van der Waals surface area contributed by atoms with E-state index in [-0.39, 0.29) is 23.7 Å². The number of aromatic nitrogens is 2. The molecule has 0 spiro atoms. The summed E-state index contributed by atoms with van der Waals surface area (Å²) in [4.78, 5) is 27.0. The van der Waals surface area contributed by atoms with Crippen molar-refractivity contribution in [3.8, 4) is 11.3 Å². The maximum Gasteiger partial charge on any atom is 0.307 e. The van der Waals surface area contributed by atoms with Crippen LogP contribution < -0.4 is 5.32 Å². The number of hydrogen-bond acceptors (Lipinski definition) is 4. The lowest BCUT2D eigenvalue weighted by molar-refractivity contribution is -0.136. The van der Waals surface area contributed by atoms with Gasteiger partial charge in [-0.1, -0.05) is 30.3 Å². The van der Waals surface area contributed by atoms with E-state index in [0.717, 1.165) is 49.3 Å². The van der Waals surface area contributed by atoms with Crippen LogP contribution in [0.5, 0.6) is 0 Å². The van der Waals surface area contributed by atoms with E-state index in [0.29, 0.717) is 17.2 Å². The lowest BCUT2D eigenvalue weighted by atomic mass is 9.88. The Bertz CT molecular complexity index is 1600. The zero-order valence-corrected chi connectivity index (χ0v) is 25.2. The van der Waals surface area contributed by atoms with Crippen LogP contribution in [-0.2, 0) is 23.3 Å². The first kappa shape index (κ1) is 30.2. The van der Waals surface area contributed by atoms with Crippen LogP contribution in [-0.4, -0.2) is 44.8 Å². The van der Waals surface area contributed by atoms with Gasteiger partial charge in [0.15, 0.2) is 0 Å². The van der Waals surface area contributed by atoms with E-state index in [2.05, 4.69) is 34.4 Å². The largest absolute Gasteiger partial charge is 0.481 e. The summed E-state index contributed by atoms with van der Waals surface area (Å²) < 4.78 is 15.5. The van der Waals surface area contributed by atoms with Gasteiger partial charge in [0.2, 0.25) is 0 Å². The number of benzene rings is 3. The van der Waals surface area contributed by atoms with Gasteiger partial charge in [0, 0.05) is 17.8 Å². The Morgan fingerprint density at radius 2 is 1.67 bits per heavy atom. The highest BCUT2D eigenvalue weighted by Crippen LogP contribution is 2.31. The summed E-state index contributed by atoms with van der Waals surface area (Å²) in [6.45, 7) is 10.9. The molecule has 0 atom stereocenters. The first-order chi connectivity index (χ1) is 20.5. The van der Waals surface area contributed by atoms with Crippen molar-refractivity contribution in [2.45, 2.75) is 65.0 Å². The lowest BCUT2D eigenvalue weighted by Gasteiger charge is -2.32. The minimum Gasteiger partial charge on any atom is -0.481 e. The zero-order valence-electron chi connectivity index (χ0n) is 25.2. The fraction of sp³-hybridized carbons (Fsp3) is 0.343. The third-order valence-corrected chi connectivity index (χ3v) is 8.16. The number of likely N-dealkylation sites (tertiary alicyclic amines) is 1. The number of hydrogen-bond donors (Lipinski definition) is 2. The molecule has 1 fully saturated rings. The number of aryl methyl sites for hydroxylation is 1. The number of carboxylic acid groups (broad SMARTS) is 1. The average Bonchev–Trinajstić information content (AvgIpc) is 3.42. The number of carbonyl (C=O) groups excluding carboxylic acids is 1. The van der Waals surface area contributed by atoms with E-state index in [9.17, 15) is 14.0 Å². The van der Waals surface area contributed by atoms with Crippen molar-refractivity contribution in [2.75, 3.05) is 18.4 Å². The third kappa shape index (κ3) is 7.20. The second-order valence-electron chi connectivity index (χ2n) is 12.5. The number of anilines is 1. The fourth-order valence-corrected chi connectivity index (χ4v) is 5.77. The fourth-order valence-electron chi connectivity index (χ4n) is 5.77. The molecule has 0 unspecified atom stereocenters. The summed E-state index contributed by atoms with van der Waals surface area (Å²) in [5, 5.41) is 16.6. The molecule has 224 valence electrons. The van der Waals surface area contributed by atoms with Crippen molar-refractivity contribution in [2.24, 2.45) is 0 Å². The smallest absolute Gasteiger partial charge is 0.307 e. The van der Waals surface area contributed by atoms with Gasteiger partial charge >= 0.3 is 5.97 Å². The minimum atomic E-state index is -0.814. The van der Waals surface area contributed by atoms with Gasteiger partial charge in [-0.2, -0.15) is 5.10 Å². The molecule has 1 aliphatic heterocycles.